The van der Waals surface area contributed by atoms with E-state index in [1.165, 1.54) is 23.9 Å². The number of aromatic nitrogens is 3. The second kappa shape index (κ2) is 11.6. The monoisotopic (exact) mass is 524 g/mol. The normalized spacial score (nSPS) is 11.8. The molecule has 0 aliphatic heterocycles. The van der Waals surface area contributed by atoms with Gasteiger partial charge >= 0.3 is 0 Å². The summed E-state index contributed by atoms with van der Waals surface area (Å²) in [6, 6.07) is 19.0. The van der Waals surface area contributed by atoms with Crippen LogP contribution in [0.2, 0.25) is 5.02 Å². The Kier molecular flexibility index (Phi) is 8.28. The topological polar surface area (TPSA) is 69.0 Å². The van der Waals surface area contributed by atoms with Gasteiger partial charge in [-0.3, -0.25) is 9.36 Å². The first kappa shape index (κ1) is 25.7. The van der Waals surface area contributed by atoms with Crippen LogP contribution >= 0.6 is 23.4 Å². The number of aryl methyl sites for hydroxylation is 1. The van der Waals surface area contributed by atoms with Crippen LogP contribution in [0.3, 0.4) is 0 Å². The quantitative estimate of drug-likeness (QED) is 0.268. The number of thioether (sulfide) groups is 1. The van der Waals surface area contributed by atoms with Crippen molar-refractivity contribution in [3.8, 4) is 11.4 Å². The van der Waals surface area contributed by atoms with Crippen LogP contribution < -0.4 is 10.1 Å². The lowest BCUT2D eigenvalue weighted by Gasteiger charge is -2.18. The van der Waals surface area contributed by atoms with Crippen LogP contribution in [0.25, 0.3) is 5.69 Å². The van der Waals surface area contributed by atoms with Crippen molar-refractivity contribution in [2.24, 2.45) is 0 Å². The van der Waals surface area contributed by atoms with Crippen molar-refractivity contribution in [3.63, 3.8) is 0 Å². The van der Waals surface area contributed by atoms with Gasteiger partial charge in [-0.1, -0.05) is 53.7 Å². The van der Waals surface area contributed by atoms with Crippen molar-refractivity contribution < 1.29 is 13.9 Å². The van der Waals surface area contributed by atoms with E-state index < -0.39 is 6.04 Å². The number of rotatable bonds is 9. The van der Waals surface area contributed by atoms with Crippen molar-refractivity contribution in [3.05, 3.63) is 100 Å². The maximum absolute atomic E-state index is 13.3. The van der Waals surface area contributed by atoms with Gasteiger partial charge in [0, 0.05) is 10.8 Å². The molecule has 1 aromatic heterocycles. The van der Waals surface area contributed by atoms with Crippen LogP contribution in [-0.2, 0) is 17.0 Å². The van der Waals surface area contributed by atoms with Crippen molar-refractivity contribution >= 4 is 29.3 Å². The summed E-state index contributed by atoms with van der Waals surface area (Å²) < 4.78 is 20.4. The predicted octanol–water partition coefficient (Wildman–Crippen LogP) is 6.09. The van der Waals surface area contributed by atoms with Crippen LogP contribution in [0, 0.1) is 12.7 Å². The lowest BCUT2D eigenvalue weighted by Crippen LogP contribution is -2.30. The summed E-state index contributed by atoms with van der Waals surface area (Å²) in [6.07, 6.45) is 0.227. The molecular formula is C27H26ClFN4O2S. The van der Waals surface area contributed by atoms with Gasteiger partial charge in [0.1, 0.15) is 11.6 Å². The first-order valence-corrected chi connectivity index (χ1v) is 12.7. The van der Waals surface area contributed by atoms with E-state index in [4.69, 9.17) is 16.3 Å². The Bertz CT molecular complexity index is 1340. The molecule has 1 atom stereocenters. The van der Waals surface area contributed by atoms with E-state index >= 15 is 0 Å². The van der Waals surface area contributed by atoms with Crippen molar-refractivity contribution in [2.45, 2.75) is 37.2 Å². The molecule has 4 rings (SSSR count). The van der Waals surface area contributed by atoms with Crippen LogP contribution in [0.1, 0.15) is 35.5 Å². The van der Waals surface area contributed by atoms with Crippen molar-refractivity contribution in [1.29, 1.82) is 0 Å². The van der Waals surface area contributed by atoms with E-state index in [1.807, 2.05) is 60.9 Å². The molecule has 9 heteroatoms. The summed E-state index contributed by atoms with van der Waals surface area (Å²) in [5, 5.41) is 13.1. The molecule has 0 fully saturated rings. The second-order valence-corrected chi connectivity index (χ2v) is 9.72. The molecule has 1 heterocycles. The zero-order valence-corrected chi connectivity index (χ0v) is 21.7. The number of nitrogens with one attached hydrogen (secondary N) is 1. The van der Waals surface area contributed by atoms with Gasteiger partial charge in [0.2, 0.25) is 5.91 Å². The summed E-state index contributed by atoms with van der Waals surface area (Å²) in [6.45, 7) is 3.86. The number of carbonyl (C=O) groups is 1. The second-order valence-electron chi connectivity index (χ2n) is 8.34. The number of nitrogens with zero attached hydrogens (tertiary/aromatic N) is 3. The van der Waals surface area contributed by atoms with Gasteiger partial charge < -0.3 is 10.1 Å². The number of methoxy groups -OCH3 is 1. The minimum absolute atomic E-state index is 0.134. The van der Waals surface area contributed by atoms with Crippen LogP contribution in [-0.4, -0.2) is 27.8 Å². The number of carbonyl (C=O) groups excluding carboxylic acids is 1. The molecular weight excluding hydrogens is 499 g/mol. The lowest BCUT2D eigenvalue weighted by atomic mass is 10.1. The molecule has 6 nitrogen and oxygen atoms in total. The third-order valence-electron chi connectivity index (χ3n) is 5.64. The van der Waals surface area contributed by atoms with E-state index in [0.717, 1.165) is 28.1 Å². The third kappa shape index (κ3) is 6.25. The highest BCUT2D eigenvalue weighted by Gasteiger charge is 2.22. The largest absolute Gasteiger partial charge is 0.497 e. The molecule has 3 aromatic carbocycles. The number of hydrogen-bond acceptors (Lipinski definition) is 5. The van der Waals surface area contributed by atoms with E-state index in [2.05, 4.69) is 15.5 Å². The maximum Gasteiger partial charge on any atom is 0.224 e. The molecule has 1 unspecified atom stereocenters. The number of ether oxygens (including phenoxy) is 1. The molecule has 0 aliphatic carbocycles. The molecule has 0 radical (unpaired) electrons. The van der Waals surface area contributed by atoms with Gasteiger partial charge in [-0.25, -0.2) is 4.39 Å². The molecule has 36 heavy (non-hydrogen) atoms. The molecule has 0 saturated carbocycles. The number of benzene rings is 3. The van der Waals surface area contributed by atoms with Gasteiger partial charge in [0.15, 0.2) is 11.0 Å². The van der Waals surface area contributed by atoms with E-state index in [-0.39, 0.29) is 18.1 Å². The SMILES string of the molecule is COc1ccc(CC(=O)NC(C)c2nnc(SCc3ccc(F)cc3)n2-c2cc(Cl)ccc2C)cc1. The highest BCUT2D eigenvalue weighted by molar-refractivity contribution is 7.98. The molecule has 1 N–H and O–H groups in total. The van der Waals surface area contributed by atoms with E-state index in [1.54, 1.807) is 19.2 Å². The number of amides is 1. The standard InChI is InChI=1S/C27H26ClFN4O2S/c1-17-4-9-21(28)15-24(17)33-26(31-32-27(33)36-16-20-5-10-22(29)11-6-20)18(2)30-25(34)14-19-7-12-23(35-3)13-8-19/h4-13,15,18H,14,16H2,1-3H3,(H,30,34). The summed E-state index contributed by atoms with van der Waals surface area (Å²) in [7, 11) is 1.60. The predicted molar refractivity (Wildman–Crippen MR) is 140 cm³/mol. The molecule has 186 valence electrons. The molecule has 4 aromatic rings. The minimum Gasteiger partial charge on any atom is -0.497 e. The van der Waals surface area contributed by atoms with Gasteiger partial charge in [-0.05, 0) is 66.9 Å². The molecule has 1 amide bonds. The summed E-state index contributed by atoms with van der Waals surface area (Å²) in [4.78, 5) is 12.8. The van der Waals surface area contributed by atoms with Crippen molar-refractivity contribution in [1.82, 2.24) is 20.1 Å². The van der Waals surface area contributed by atoms with E-state index in [0.29, 0.717) is 21.8 Å². The number of halogens is 2. The molecule has 0 bridgehead atoms. The summed E-state index contributed by atoms with van der Waals surface area (Å²) in [5.74, 6) is 1.50. The first-order chi connectivity index (χ1) is 17.3. The first-order valence-electron chi connectivity index (χ1n) is 11.4. The van der Waals surface area contributed by atoms with Gasteiger partial charge in [0.25, 0.3) is 0 Å². The van der Waals surface area contributed by atoms with Crippen LogP contribution in [0.5, 0.6) is 5.75 Å². The third-order valence-corrected chi connectivity index (χ3v) is 6.88. The number of hydrogen-bond donors (Lipinski definition) is 1. The Morgan fingerprint density at radius 1 is 1.08 bits per heavy atom. The van der Waals surface area contributed by atoms with Crippen LogP contribution in [0.4, 0.5) is 4.39 Å². The van der Waals surface area contributed by atoms with E-state index in [9.17, 15) is 9.18 Å². The maximum atomic E-state index is 13.3. The molecule has 0 spiro atoms. The Hall–Kier alpha value is -3.36. The molecule has 0 saturated heterocycles. The Labute approximate surface area is 218 Å². The van der Waals surface area contributed by atoms with Gasteiger partial charge in [0.05, 0.1) is 25.3 Å². The zero-order valence-electron chi connectivity index (χ0n) is 20.2. The average Bonchev–Trinajstić information content (AvgIpc) is 3.29. The minimum atomic E-state index is -0.415. The summed E-state index contributed by atoms with van der Waals surface area (Å²) >= 11 is 7.80. The fourth-order valence-electron chi connectivity index (χ4n) is 3.72. The van der Waals surface area contributed by atoms with Gasteiger partial charge in [-0.2, -0.15) is 0 Å². The van der Waals surface area contributed by atoms with Gasteiger partial charge in [-0.15, -0.1) is 10.2 Å². The summed E-state index contributed by atoms with van der Waals surface area (Å²) in [5.41, 5.74) is 3.66. The Morgan fingerprint density at radius 2 is 1.78 bits per heavy atom. The highest BCUT2D eigenvalue weighted by Crippen LogP contribution is 2.30. The average molecular weight is 525 g/mol. The lowest BCUT2D eigenvalue weighted by molar-refractivity contribution is -0.121. The zero-order chi connectivity index (χ0) is 25.7. The Morgan fingerprint density at radius 3 is 2.47 bits per heavy atom. The van der Waals surface area contributed by atoms with Crippen LogP contribution in [0.15, 0.2) is 71.9 Å². The fraction of sp³-hybridized carbons (Fsp3) is 0.222. The highest BCUT2D eigenvalue weighted by atomic mass is 35.5. The molecule has 0 aliphatic rings. The smallest absolute Gasteiger partial charge is 0.224 e. The Balaban J connectivity index is 1.58. The van der Waals surface area contributed by atoms with Crippen molar-refractivity contribution in [2.75, 3.05) is 7.11 Å². The fourth-order valence-corrected chi connectivity index (χ4v) is 4.79.